The highest BCUT2D eigenvalue weighted by atomic mass is 16.6. The van der Waals surface area contributed by atoms with Gasteiger partial charge in [0.2, 0.25) is 0 Å². The van der Waals surface area contributed by atoms with Gasteiger partial charge in [-0.25, -0.2) is 9.59 Å². The lowest BCUT2D eigenvalue weighted by molar-refractivity contribution is -0.149. The number of carbonyl (C=O) groups excluding carboxylic acids is 2. The summed E-state index contributed by atoms with van der Waals surface area (Å²) in [4.78, 5) is 27.7. The van der Waals surface area contributed by atoms with Crippen molar-refractivity contribution in [2.75, 3.05) is 13.2 Å². The van der Waals surface area contributed by atoms with Crippen molar-refractivity contribution in [3.63, 3.8) is 0 Å². The van der Waals surface area contributed by atoms with Crippen LogP contribution >= 0.6 is 0 Å². The summed E-state index contributed by atoms with van der Waals surface area (Å²) in [5, 5.41) is 0. The summed E-state index contributed by atoms with van der Waals surface area (Å²) in [6, 6.07) is 27.7. The first-order valence-corrected chi connectivity index (χ1v) is 12.2. The number of nitrogens with zero attached hydrogens (tertiary/aromatic N) is 1. The Morgan fingerprint density at radius 3 is 2.29 bits per heavy atom. The number of hydrogen-bond donors (Lipinski definition) is 0. The van der Waals surface area contributed by atoms with Crippen LogP contribution in [0.1, 0.15) is 24.5 Å². The summed E-state index contributed by atoms with van der Waals surface area (Å²) in [5.41, 5.74) is 5.52. The van der Waals surface area contributed by atoms with E-state index in [2.05, 4.69) is 42.5 Å². The second kappa shape index (κ2) is 10.2. The van der Waals surface area contributed by atoms with Crippen LogP contribution in [0.5, 0.6) is 0 Å². The monoisotopic (exact) mass is 467 g/mol. The normalized spacial score (nSPS) is 20.8. The summed E-state index contributed by atoms with van der Waals surface area (Å²) < 4.78 is 11.0. The number of fused-ring (bicyclic) bond motifs is 1. The third kappa shape index (κ3) is 4.72. The van der Waals surface area contributed by atoms with Crippen LogP contribution in [0, 0.1) is 11.8 Å². The number of rotatable bonds is 6. The Kier molecular flexibility index (Phi) is 6.66. The SMILES string of the molecule is CCOC(=O)[C@@H]1[C@H]2CC=C(c3cccc(-c4ccccc4)c3)[C@H]2CN1C(=O)OCc1ccccc1. The molecule has 5 nitrogen and oxygen atoms in total. The smallest absolute Gasteiger partial charge is 0.410 e. The fourth-order valence-corrected chi connectivity index (χ4v) is 5.31. The van der Waals surface area contributed by atoms with Crippen LogP contribution in [-0.4, -0.2) is 36.2 Å². The first kappa shape index (κ1) is 22.9. The van der Waals surface area contributed by atoms with Crippen LogP contribution in [0.15, 0.2) is 91.0 Å². The molecule has 5 heteroatoms. The maximum Gasteiger partial charge on any atom is 0.410 e. The first-order chi connectivity index (χ1) is 17.2. The molecule has 3 aromatic rings. The van der Waals surface area contributed by atoms with Crippen molar-refractivity contribution in [3.05, 3.63) is 102 Å². The van der Waals surface area contributed by atoms with E-state index in [1.165, 1.54) is 5.57 Å². The van der Waals surface area contributed by atoms with Gasteiger partial charge in [0.1, 0.15) is 12.6 Å². The van der Waals surface area contributed by atoms with Crippen LogP contribution in [0.3, 0.4) is 0 Å². The highest BCUT2D eigenvalue weighted by Crippen LogP contribution is 2.47. The number of amides is 1. The van der Waals surface area contributed by atoms with Gasteiger partial charge >= 0.3 is 12.1 Å². The first-order valence-electron chi connectivity index (χ1n) is 12.2. The zero-order valence-corrected chi connectivity index (χ0v) is 19.8. The minimum absolute atomic E-state index is 0.0197. The molecule has 0 unspecified atom stereocenters. The molecule has 0 aromatic heterocycles. The molecule has 35 heavy (non-hydrogen) atoms. The standard InChI is InChI=1S/C30H29NO4/c1-2-34-29(32)28-26-17-16-25(24-15-9-14-23(18-24)22-12-7-4-8-13-22)27(26)19-31(28)30(33)35-20-21-10-5-3-6-11-21/h3-16,18,26-28H,2,17,19-20H2,1H3/t26-,27+,28-/m0/s1. The Labute approximate surface area is 206 Å². The summed E-state index contributed by atoms with van der Waals surface area (Å²) in [5.74, 6) is -0.322. The maximum absolute atomic E-state index is 13.1. The quantitative estimate of drug-likeness (QED) is 0.420. The topological polar surface area (TPSA) is 55.8 Å². The van der Waals surface area contributed by atoms with E-state index < -0.39 is 12.1 Å². The average Bonchev–Trinajstić information content (AvgIpc) is 3.48. The highest BCUT2D eigenvalue weighted by molar-refractivity contribution is 5.85. The Morgan fingerprint density at radius 2 is 1.54 bits per heavy atom. The lowest BCUT2D eigenvalue weighted by atomic mass is 9.86. The lowest BCUT2D eigenvalue weighted by Crippen LogP contribution is -2.44. The highest BCUT2D eigenvalue weighted by Gasteiger charge is 2.52. The number of esters is 1. The zero-order chi connectivity index (χ0) is 24.2. The molecular weight excluding hydrogens is 438 g/mol. The van der Waals surface area contributed by atoms with E-state index >= 15 is 0 Å². The van der Waals surface area contributed by atoms with Crippen molar-refractivity contribution in [2.45, 2.75) is 26.0 Å². The number of likely N-dealkylation sites (tertiary alicyclic amines) is 1. The van der Waals surface area contributed by atoms with E-state index in [-0.39, 0.29) is 31.0 Å². The molecule has 1 saturated heterocycles. The van der Waals surface area contributed by atoms with E-state index in [1.54, 1.807) is 11.8 Å². The van der Waals surface area contributed by atoms with Gasteiger partial charge in [-0.05, 0) is 47.2 Å². The minimum Gasteiger partial charge on any atom is -0.464 e. The van der Waals surface area contributed by atoms with E-state index in [1.807, 2.05) is 48.5 Å². The molecule has 3 atom stereocenters. The van der Waals surface area contributed by atoms with Gasteiger partial charge in [-0.3, -0.25) is 4.90 Å². The number of allylic oxidation sites excluding steroid dienone is 1. The van der Waals surface area contributed by atoms with Crippen molar-refractivity contribution in [1.82, 2.24) is 4.90 Å². The molecule has 0 N–H and O–H groups in total. The second-order valence-electron chi connectivity index (χ2n) is 9.00. The van der Waals surface area contributed by atoms with Crippen molar-refractivity contribution < 1.29 is 19.1 Å². The molecule has 1 aliphatic carbocycles. The third-order valence-electron chi connectivity index (χ3n) is 6.93. The molecule has 3 aromatic carbocycles. The zero-order valence-electron chi connectivity index (χ0n) is 19.8. The van der Waals surface area contributed by atoms with Gasteiger partial charge in [0.25, 0.3) is 0 Å². The van der Waals surface area contributed by atoms with Crippen LogP contribution in [0.2, 0.25) is 0 Å². The summed E-state index contributed by atoms with van der Waals surface area (Å²) in [6.45, 7) is 2.67. The van der Waals surface area contributed by atoms with Gasteiger partial charge < -0.3 is 9.47 Å². The predicted octanol–water partition coefficient (Wildman–Crippen LogP) is 5.96. The van der Waals surface area contributed by atoms with Gasteiger partial charge in [0.15, 0.2) is 0 Å². The van der Waals surface area contributed by atoms with Crippen LogP contribution in [-0.2, 0) is 20.9 Å². The number of ether oxygens (including phenoxy) is 2. The third-order valence-corrected chi connectivity index (χ3v) is 6.93. The van der Waals surface area contributed by atoms with Crippen molar-refractivity contribution in [3.8, 4) is 11.1 Å². The number of carbonyl (C=O) groups is 2. The van der Waals surface area contributed by atoms with Gasteiger partial charge in [0.05, 0.1) is 6.61 Å². The summed E-state index contributed by atoms with van der Waals surface area (Å²) >= 11 is 0. The Morgan fingerprint density at radius 1 is 0.857 bits per heavy atom. The molecule has 0 spiro atoms. The van der Waals surface area contributed by atoms with Crippen molar-refractivity contribution in [2.24, 2.45) is 11.8 Å². The van der Waals surface area contributed by atoms with E-state index in [0.717, 1.165) is 28.7 Å². The molecule has 0 saturated carbocycles. The molecule has 2 aliphatic rings. The van der Waals surface area contributed by atoms with Crippen LogP contribution < -0.4 is 0 Å². The predicted molar refractivity (Wildman–Crippen MR) is 135 cm³/mol. The van der Waals surface area contributed by atoms with Crippen LogP contribution in [0.25, 0.3) is 16.7 Å². The van der Waals surface area contributed by atoms with Gasteiger partial charge in [-0.2, -0.15) is 0 Å². The van der Waals surface area contributed by atoms with Crippen molar-refractivity contribution in [1.29, 1.82) is 0 Å². The van der Waals surface area contributed by atoms with Crippen LogP contribution in [0.4, 0.5) is 4.79 Å². The number of hydrogen-bond acceptors (Lipinski definition) is 4. The minimum atomic E-state index is -0.644. The molecule has 1 heterocycles. The Hall–Kier alpha value is -3.86. The average molecular weight is 468 g/mol. The summed E-state index contributed by atoms with van der Waals surface area (Å²) in [7, 11) is 0. The van der Waals surface area contributed by atoms with Gasteiger partial charge in [-0.15, -0.1) is 0 Å². The molecule has 178 valence electrons. The fourth-order valence-electron chi connectivity index (χ4n) is 5.31. The largest absolute Gasteiger partial charge is 0.464 e. The molecule has 1 amide bonds. The summed E-state index contributed by atoms with van der Waals surface area (Å²) in [6.07, 6.45) is 2.47. The molecular formula is C30H29NO4. The molecule has 0 bridgehead atoms. The van der Waals surface area contributed by atoms with Crippen molar-refractivity contribution >= 4 is 17.6 Å². The second-order valence-corrected chi connectivity index (χ2v) is 9.00. The molecule has 5 rings (SSSR count). The number of benzene rings is 3. The van der Waals surface area contributed by atoms with E-state index in [4.69, 9.17) is 9.47 Å². The Bertz CT molecular complexity index is 1220. The fraction of sp³-hybridized carbons (Fsp3) is 0.267. The van der Waals surface area contributed by atoms with E-state index in [0.29, 0.717) is 6.54 Å². The molecule has 0 radical (unpaired) electrons. The lowest BCUT2D eigenvalue weighted by Gasteiger charge is -2.25. The maximum atomic E-state index is 13.1. The van der Waals surface area contributed by atoms with E-state index in [9.17, 15) is 9.59 Å². The molecule has 1 aliphatic heterocycles. The molecule has 1 fully saturated rings. The van der Waals surface area contributed by atoms with Gasteiger partial charge in [0, 0.05) is 18.4 Å². The Balaban J connectivity index is 1.38. The van der Waals surface area contributed by atoms with Gasteiger partial charge in [-0.1, -0.05) is 84.9 Å².